The summed E-state index contributed by atoms with van der Waals surface area (Å²) in [6.45, 7) is 1.08. The number of amides is 1. The summed E-state index contributed by atoms with van der Waals surface area (Å²) >= 11 is 0. The summed E-state index contributed by atoms with van der Waals surface area (Å²) < 4.78 is 7.25. The van der Waals surface area contributed by atoms with Crippen molar-refractivity contribution >= 4 is 16.9 Å². The zero-order chi connectivity index (χ0) is 17.1. The van der Waals surface area contributed by atoms with Crippen LogP contribution in [0.2, 0.25) is 0 Å². The first-order valence-corrected chi connectivity index (χ1v) is 8.04. The number of nitrogens with one attached hydrogen (secondary N) is 2. The van der Waals surface area contributed by atoms with Crippen LogP contribution in [0.1, 0.15) is 21.9 Å². The van der Waals surface area contributed by atoms with Crippen molar-refractivity contribution in [1.82, 2.24) is 25.1 Å². The van der Waals surface area contributed by atoms with Crippen molar-refractivity contribution < 1.29 is 9.21 Å². The van der Waals surface area contributed by atoms with Crippen LogP contribution in [0.4, 0.5) is 0 Å². The van der Waals surface area contributed by atoms with Gasteiger partial charge >= 0.3 is 0 Å². The zero-order valence-corrected chi connectivity index (χ0v) is 13.5. The number of H-pyrrole nitrogens is 1. The largest absolute Gasteiger partial charge is 0.469 e. The second-order valence-electron chi connectivity index (χ2n) is 5.72. The highest BCUT2D eigenvalue weighted by molar-refractivity contribution is 5.92. The second-order valence-corrected chi connectivity index (χ2v) is 5.72. The maximum atomic E-state index is 12.2. The Kier molecular flexibility index (Phi) is 4.04. The maximum Gasteiger partial charge on any atom is 0.271 e. The van der Waals surface area contributed by atoms with Crippen LogP contribution in [-0.4, -0.2) is 32.2 Å². The SMILES string of the molecule is O=C(NCCc1ccco1)c1cc(Cn2cnc3ccccc32)[nH]n1. The molecular weight excluding hydrogens is 318 g/mol. The van der Waals surface area contributed by atoms with Crippen molar-refractivity contribution in [1.29, 1.82) is 0 Å². The van der Waals surface area contributed by atoms with Gasteiger partial charge in [0.25, 0.3) is 5.91 Å². The van der Waals surface area contributed by atoms with Gasteiger partial charge < -0.3 is 14.3 Å². The number of rotatable bonds is 6. The van der Waals surface area contributed by atoms with E-state index in [0.717, 1.165) is 22.5 Å². The molecule has 0 bridgehead atoms. The highest BCUT2D eigenvalue weighted by Gasteiger charge is 2.11. The van der Waals surface area contributed by atoms with E-state index >= 15 is 0 Å². The molecule has 2 N–H and O–H groups in total. The first-order chi connectivity index (χ1) is 12.3. The van der Waals surface area contributed by atoms with E-state index in [1.807, 2.05) is 41.0 Å². The van der Waals surface area contributed by atoms with Gasteiger partial charge in [-0.25, -0.2) is 4.98 Å². The van der Waals surface area contributed by atoms with Gasteiger partial charge in [-0.15, -0.1) is 0 Å². The molecule has 7 nitrogen and oxygen atoms in total. The van der Waals surface area contributed by atoms with Crippen LogP contribution >= 0.6 is 0 Å². The molecule has 0 atom stereocenters. The number of aromatic nitrogens is 4. The molecule has 1 aromatic carbocycles. The normalized spacial score (nSPS) is 11.0. The van der Waals surface area contributed by atoms with Crippen molar-refractivity contribution in [3.63, 3.8) is 0 Å². The molecule has 4 aromatic rings. The van der Waals surface area contributed by atoms with Crippen LogP contribution in [0.3, 0.4) is 0 Å². The molecule has 3 aromatic heterocycles. The lowest BCUT2D eigenvalue weighted by Crippen LogP contribution is -2.25. The number of carbonyl (C=O) groups is 1. The summed E-state index contributed by atoms with van der Waals surface area (Å²) in [5.41, 5.74) is 3.21. The number of hydrogen-bond acceptors (Lipinski definition) is 4. The Morgan fingerprint density at radius 2 is 2.16 bits per heavy atom. The molecule has 1 amide bonds. The van der Waals surface area contributed by atoms with E-state index in [-0.39, 0.29) is 5.91 Å². The van der Waals surface area contributed by atoms with E-state index in [2.05, 4.69) is 20.5 Å². The predicted octanol–water partition coefficient (Wildman–Crippen LogP) is 2.37. The van der Waals surface area contributed by atoms with Crippen molar-refractivity contribution in [2.24, 2.45) is 0 Å². The number of hydrogen-bond donors (Lipinski definition) is 2. The van der Waals surface area contributed by atoms with Crippen LogP contribution in [0.5, 0.6) is 0 Å². The van der Waals surface area contributed by atoms with E-state index in [1.165, 1.54) is 0 Å². The number of imidazole rings is 1. The average molecular weight is 335 g/mol. The molecule has 0 aliphatic rings. The first kappa shape index (κ1) is 15.2. The highest BCUT2D eigenvalue weighted by atomic mass is 16.3. The molecule has 0 aliphatic carbocycles. The van der Waals surface area contributed by atoms with E-state index in [4.69, 9.17) is 4.42 Å². The molecule has 0 aliphatic heterocycles. The van der Waals surface area contributed by atoms with Gasteiger partial charge in [0, 0.05) is 13.0 Å². The molecule has 3 heterocycles. The minimum atomic E-state index is -0.204. The van der Waals surface area contributed by atoms with Crippen molar-refractivity contribution in [3.05, 3.63) is 72.2 Å². The number of carbonyl (C=O) groups excluding carboxylic acids is 1. The quantitative estimate of drug-likeness (QED) is 0.566. The van der Waals surface area contributed by atoms with Crippen LogP contribution < -0.4 is 5.32 Å². The van der Waals surface area contributed by atoms with Gasteiger partial charge in [-0.1, -0.05) is 12.1 Å². The molecule has 0 unspecified atom stereocenters. The van der Waals surface area contributed by atoms with Crippen LogP contribution in [-0.2, 0) is 13.0 Å². The summed E-state index contributed by atoms with van der Waals surface area (Å²) in [5.74, 6) is 0.638. The molecule has 0 radical (unpaired) electrons. The van der Waals surface area contributed by atoms with Crippen LogP contribution in [0, 0.1) is 0 Å². The molecule has 0 saturated carbocycles. The van der Waals surface area contributed by atoms with Crippen LogP contribution in [0.25, 0.3) is 11.0 Å². The zero-order valence-electron chi connectivity index (χ0n) is 13.5. The van der Waals surface area contributed by atoms with Gasteiger partial charge in [0.15, 0.2) is 0 Å². The van der Waals surface area contributed by atoms with E-state index < -0.39 is 0 Å². The van der Waals surface area contributed by atoms with Gasteiger partial charge in [0.05, 0.1) is 35.9 Å². The number of benzene rings is 1. The van der Waals surface area contributed by atoms with Gasteiger partial charge in [0.1, 0.15) is 11.5 Å². The number of fused-ring (bicyclic) bond motifs is 1. The van der Waals surface area contributed by atoms with Gasteiger partial charge in [-0.3, -0.25) is 9.89 Å². The summed E-state index contributed by atoms with van der Waals surface area (Å²) in [6, 6.07) is 13.4. The summed E-state index contributed by atoms with van der Waals surface area (Å²) in [6.07, 6.45) is 4.06. The van der Waals surface area contributed by atoms with Gasteiger partial charge in [-0.2, -0.15) is 5.10 Å². The monoisotopic (exact) mass is 335 g/mol. The first-order valence-electron chi connectivity index (χ1n) is 8.04. The topological polar surface area (TPSA) is 88.7 Å². The number of nitrogens with zero attached hydrogens (tertiary/aromatic N) is 3. The smallest absolute Gasteiger partial charge is 0.271 e. The Morgan fingerprint density at radius 3 is 3.04 bits per heavy atom. The molecule has 126 valence electrons. The lowest BCUT2D eigenvalue weighted by atomic mass is 10.3. The van der Waals surface area contributed by atoms with E-state index in [1.54, 1.807) is 18.7 Å². The lowest BCUT2D eigenvalue weighted by Gasteiger charge is -2.01. The molecule has 25 heavy (non-hydrogen) atoms. The average Bonchev–Trinajstić information content (AvgIpc) is 3.37. The molecule has 0 spiro atoms. The second kappa shape index (κ2) is 6.64. The molecular formula is C18H17N5O2. The summed E-state index contributed by atoms with van der Waals surface area (Å²) in [5, 5.41) is 9.85. The van der Waals surface area contributed by atoms with Gasteiger partial charge in [-0.05, 0) is 30.3 Å². The Labute approximate surface area is 143 Å². The molecule has 0 saturated heterocycles. The predicted molar refractivity (Wildman–Crippen MR) is 92.2 cm³/mol. The Balaban J connectivity index is 1.38. The lowest BCUT2D eigenvalue weighted by molar-refractivity contribution is 0.0948. The number of aromatic amines is 1. The summed E-state index contributed by atoms with van der Waals surface area (Å²) in [7, 11) is 0. The fourth-order valence-electron chi connectivity index (χ4n) is 2.72. The number of para-hydroxylation sites is 2. The number of furan rings is 1. The van der Waals surface area contributed by atoms with Crippen LogP contribution in [0.15, 0.2) is 59.5 Å². The van der Waals surface area contributed by atoms with Crippen molar-refractivity contribution in [2.75, 3.05) is 6.54 Å². The van der Waals surface area contributed by atoms with Gasteiger partial charge in [0.2, 0.25) is 0 Å². The molecule has 0 fully saturated rings. The molecule has 7 heteroatoms. The minimum absolute atomic E-state index is 0.204. The standard InChI is InChI=1S/C18H17N5O2/c24-18(19-8-7-14-4-3-9-25-14)16-10-13(21-22-16)11-23-12-20-15-5-1-2-6-17(15)23/h1-6,9-10,12H,7-8,11H2,(H,19,24)(H,21,22). The molecule has 4 rings (SSSR count). The van der Waals surface area contributed by atoms with Crippen molar-refractivity contribution in [2.45, 2.75) is 13.0 Å². The highest BCUT2D eigenvalue weighted by Crippen LogP contribution is 2.13. The third kappa shape index (κ3) is 3.30. The van der Waals surface area contributed by atoms with Crippen molar-refractivity contribution in [3.8, 4) is 0 Å². The Bertz CT molecular complexity index is 984. The Hall–Kier alpha value is -3.35. The maximum absolute atomic E-state index is 12.2. The minimum Gasteiger partial charge on any atom is -0.469 e. The Morgan fingerprint density at radius 1 is 1.24 bits per heavy atom. The fraction of sp³-hybridized carbons (Fsp3) is 0.167. The van der Waals surface area contributed by atoms with E-state index in [9.17, 15) is 4.79 Å². The third-order valence-electron chi connectivity index (χ3n) is 3.97. The summed E-state index contributed by atoms with van der Waals surface area (Å²) in [4.78, 5) is 16.5. The third-order valence-corrected chi connectivity index (χ3v) is 3.97. The fourth-order valence-corrected chi connectivity index (χ4v) is 2.72. The van der Waals surface area contributed by atoms with E-state index in [0.29, 0.717) is 25.2 Å².